The number of piperazine rings is 1. The average Bonchev–Trinajstić information content (AvgIpc) is 3.50. The molecule has 3 atom stereocenters. The molecular formula is C23H17F3N4O5. The lowest BCUT2D eigenvalue weighted by Crippen LogP contribution is -2.55. The van der Waals surface area contributed by atoms with E-state index in [-0.39, 0.29) is 18.0 Å². The standard InChI is InChI=1S/C23H17F3N4O5/c1-34-15-4-6-16(7-5-15)35-22(33)28-11-14-9-18(28)19-20(31)30(21(32)29(14)19)13-3-2-12(10-27)17(8-13)23(24,25)26/h2-8,14,18-19H,9,11H2,1H3/t14?,18?,19-/m1/s1. The Labute approximate surface area is 196 Å². The fourth-order valence-corrected chi connectivity index (χ4v) is 4.91. The van der Waals surface area contributed by atoms with E-state index >= 15 is 0 Å². The van der Waals surface area contributed by atoms with Gasteiger partial charge in [-0.15, -0.1) is 0 Å². The molecule has 2 aromatic carbocycles. The number of amides is 4. The van der Waals surface area contributed by atoms with Crippen LogP contribution in [0.15, 0.2) is 42.5 Å². The van der Waals surface area contributed by atoms with Crippen molar-refractivity contribution >= 4 is 23.7 Å². The molecular weight excluding hydrogens is 469 g/mol. The fraction of sp³-hybridized carbons (Fsp3) is 0.304. The maximum Gasteiger partial charge on any atom is 0.417 e. The third-order valence-electron chi connectivity index (χ3n) is 6.45. The number of hydrogen-bond donors (Lipinski definition) is 0. The van der Waals surface area contributed by atoms with Gasteiger partial charge in [-0.05, 0) is 48.9 Å². The van der Waals surface area contributed by atoms with E-state index in [1.807, 2.05) is 0 Å². The van der Waals surface area contributed by atoms with Crippen molar-refractivity contribution in [2.75, 3.05) is 18.6 Å². The number of alkyl halides is 3. The number of hydrogen-bond acceptors (Lipinski definition) is 6. The topological polar surface area (TPSA) is 103 Å². The molecule has 3 saturated heterocycles. The summed E-state index contributed by atoms with van der Waals surface area (Å²) >= 11 is 0. The van der Waals surface area contributed by atoms with Crippen molar-refractivity contribution in [2.24, 2.45) is 0 Å². The number of rotatable bonds is 3. The average molecular weight is 486 g/mol. The third-order valence-corrected chi connectivity index (χ3v) is 6.45. The Hall–Kier alpha value is -4.27. The predicted octanol–water partition coefficient (Wildman–Crippen LogP) is 3.38. The zero-order chi connectivity index (χ0) is 25.1. The van der Waals surface area contributed by atoms with Crippen molar-refractivity contribution in [3.63, 3.8) is 0 Å². The summed E-state index contributed by atoms with van der Waals surface area (Å²) in [7, 11) is 1.50. The van der Waals surface area contributed by atoms with Gasteiger partial charge in [-0.1, -0.05) is 0 Å². The van der Waals surface area contributed by atoms with E-state index in [4.69, 9.17) is 14.7 Å². The van der Waals surface area contributed by atoms with E-state index in [1.165, 1.54) is 23.0 Å². The van der Waals surface area contributed by atoms with Crippen molar-refractivity contribution in [1.82, 2.24) is 9.80 Å². The van der Waals surface area contributed by atoms with E-state index in [0.29, 0.717) is 23.1 Å². The van der Waals surface area contributed by atoms with Crippen LogP contribution in [0.25, 0.3) is 0 Å². The maximum absolute atomic E-state index is 13.4. The summed E-state index contributed by atoms with van der Waals surface area (Å²) < 4.78 is 50.7. The van der Waals surface area contributed by atoms with Crippen LogP contribution < -0.4 is 14.4 Å². The highest BCUT2D eigenvalue weighted by Crippen LogP contribution is 2.43. The number of fused-ring (bicyclic) bond motifs is 5. The number of benzene rings is 2. The van der Waals surface area contributed by atoms with Crippen LogP contribution in [0.5, 0.6) is 11.5 Å². The first-order valence-corrected chi connectivity index (χ1v) is 10.5. The van der Waals surface area contributed by atoms with Gasteiger partial charge < -0.3 is 19.3 Å². The molecule has 0 spiro atoms. The lowest BCUT2D eigenvalue weighted by atomic mass is 10.1. The highest BCUT2D eigenvalue weighted by atomic mass is 19.4. The van der Waals surface area contributed by atoms with Gasteiger partial charge in [0, 0.05) is 6.54 Å². The molecule has 3 heterocycles. The second kappa shape index (κ2) is 7.90. The number of methoxy groups -OCH3 is 1. The van der Waals surface area contributed by atoms with Crippen molar-refractivity contribution in [3.05, 3.63) is 53.6 Å². The number of halogens is 3. The molecule has 0 N–H and O–H groups in total. The highest BCUT2D eigenvalue weighted by molar-refractivity contribution is 6.22. The SMILES string of the molecule is COc1ccc(OC(=O)N2CC3CC2[C@@H]2C(=O)N(c4ccc(C#N)c(C(F)(F)F)c4)C(=O)N32)cc1. The summed E-state index contributed by atoms with van der Waals surface area (Å²) in [5, 5.41) is 9.00. The second-order valence-corrected chi connectivity index (χ2v) is 8.30. The first-order valence-electron chi connectivity index (χ1n) is 10.5. The van der Waals surface area contributed by atoms with Crippen molar-refractivity contribution in [2.45, 2.75) is 30.7 Å². The maximum atomic E-state index is 13.4. The number of imide groups is 1. The van der Waals surface area contributed by atoms with Crippen LogP contribution in [0, 0.1) is 11.3 Å². The molecule has 0 saturated carbocycles. The summed E-state index contributed by atoms with van der Waals surface area (Å²) in [4.78, 5) is 42.5. The Morgan fingerprint density at radius 2 is 1.80 bits per heavy atom. The first-order chi connectivity index (χ1) is 16.6. The lowest BCUT2D eigenvalue weighted by Gasteiger charge is -2.34. The lowest BCUT2D eigenvalue weighted by molar-refractivity contribution is -0.137. The zero-order valence-electron chi connectivity index (χ0n) is 18.2. The van der Waals surface area contributed by atoms with Gasteiger partial charge in [0.15, 0.2) is 0 Å². The summed E-state index contributed by atoms with van der Waals surface area (Å²) in [6.07, 6.45) is -5.18. The van der Waals surface area contributed by atoms with Gasteiger partial charge in [0.1, 0.15) is 17.5 Å². The minimum atomic E-state index is -4.84. The fourth-order valence-electron chi connectivity index (χ4n) is 4.91. The smallest absolute Gasteiger partial charge is 0.417 e. The summed E-state index contributed by atoms with van der Waals surface area (Å²) in [5.41, 5.74) is -2.14. The number of carbonyl (C=O) groups excluding carboxylic acids is 3. The number of nitriles is 1. The van der Waals surface area contributed by atoms with Crippen LogP contribution in [0.2, 0.25) is 0 Å². The monoisotopic (exact) mass is 486 g/mol. The number of nitrogens with zero attached hydrogens (tertiary/aromatic N) is 4. The Bertz CT molecular complexity index is 1270. The van der Waals surface area contributed by atoms with Crippen LogP contribution in [0.4, 0.5) is 28.4 Å². The van der Waals surface area contributed by atoms with Crippen LogP contribution in [-0.2, 0) is 11.0 Å². The van der Waals surface area contributed by atoms with Crippen LogP contribution in [0.3, 0.4) is 0 Å². The van der Waals surface area contributed by atoms with Gasteiger partial charge >= 0.3 is 18.3 Å². The molecule has 3 fully saturated rings. The molecule has 5 rings (SSSR count). The first kappa shape index (κ1) is 22.5. The quantitative estimate of drug-likeness (QED) is 0.617. The number of likely N-dealkylation sites (tertiary alicyclic amines) is 1. The highest BCUT2D eigenvalue weighted by Gasteiger charge is 2.63. The normalized spacial score (nSPS) is 22.9. The molecule has 35 heavy (non-hydrogen) atoms. The molecule has 3 aliphatic heterocycles. The summed E-state index contributed by atoms with van der Waals surface area (Å²) in [6, 6.07) is 7.53. The second-order valence-electron chi connectivity index (χ2n) is 8.30. The van der Waals surface area contributed by atoms with E-state index in [9.17, 15) is 27.6 Å². The summed E-state index contributed by atoms with van der Waals surface area (Å²) in [5.74, 6) is 0.109. The van der Waals surface area contributed by atoms with Crippen molar-refractivity contribution < 1.29 is 37.0 Å². The largest absolute Gasteiger partial charge is 0.497 e. The Kier molecular flexibility index (Phi) is 5.08. The molecule has 3 aliphatic rings. The van der Waals surface area contributed by atoms with Gasteiger partial charge in [0.05, 0.1) is 42.1 Å². The molecule has 9 nitrogen and oxygen atoms in total. The molecule has 0 radical (unpaired) electrons. The molecule has 2 aromatic rings. The number of ether oxygens (including phenoxy) is 2. The van der Waals surface area contributed by atoms with E-state index in [0.717, 1.165) is 12.1 Å². The molecule has 2 unspecified atom stereocenters. The van der Waals surface area contributed by atoms with Gasteiger partial charge in [0.2, 0.25) is 0 Å². The van der Waals surface area contributed by atoms with Crippen LogP contribution >= 0.6 is 0 Å². The van der Waals surface area contributed by atoms with E-state index in [2.05, 4.69) is 0 Å². The molecule has 12 heteroatoms. The van der Waals surface area contributed by atoms with Gasteiger partial charge in [-0.25, -0.2) is 14.5 Å². The van der Waals surface area contributed by atoms with Gasteiger partial charge in [-0.3, -0.25) is 4.79 Å². The Morgan fingerprint density at radius 3 is 2.43 bits per heavy atom. The number of anilines is 1. The predicted molar refractivity (Wildman–Crippen MR) is 113 cm³/mol. The molecule has 180 valence electrons. The van der Waals surface area contributed by atoms with E-state index < -0.39 is 53.5 Å². The Morgan fingerprint density at radius 1 is 1.11 bits per heavy atom. The van der Waals surface area contributed by atoms with Crippen LogP contribution in [0.1, 0.15) is 17.5 Å². The Balaban J connectivity index is 1.38. The molecule has 4 amide bonds. The molecule has 0 aromatic heterocycles. The van der Waals surface area contributed by atoms with Crippen molar-refractivity contribution in [1.29, 1.82) is 5.26 Å². The molecule has 0 aliphatic carbocycles. The third kappa shape index (κ3) is 3.51. The zero-order valence-corrected chi connectivity index (χ0v) is 18.2. The molecule has 2 bridgehead atoms. The van der Waals surface area contributed by atoms with Gasteiger partial charge in [-0.2, -0.15) is 18.4 Å². The number of carbonyl (C=O) groups is 3. The van der Waals surface area contributed by atoms with Crippen LogP contribution in [-0.4, -0.2) is 59.6 Å². The van der Waals surface area contributed by atoms with Gasteiger partial charge in [0.25, 0.3) is 5.91 Å². The summed E-state index contributed by atoms with van der Waals surface area (Å²) in [6.45, 7) is 0.129. The van der Waals surface area contributed by atoms with Crippen molar-refractivity contribution in [3.8, 4) is 17.6 Å². The minimum Gasteiger partial charge on any atom is -0.497 e. The van der Waals surface area contributed by atoms with E-state index in [1.54, 1.807) is 24.3 Å². The minimum absolute atomic E-state index is 0.129. The number of urea groups is 1.